The van der Waals surface area contributed by atoms with Gasteiger partial charge in [-0.1, -0.05) is 311 Å². The van der Waals surface area contributed by atoms with Crippen LogP contribution in [0.15, 0.2) is 164 Å². The first-order valence-electron chi connectivity index (χ1n) is 41.6. The van der Waals surface area contributed by atoms with Crippen LogP contribution < -0.4 is 28.4 Å². The number of aromatic hydroxyl groups is 2. The fourth-order valence-electron chi connectivity index (χ4n) is 15.0. The molecule has 119 heavy (non-hydrogen) atoms. The highest BCUT2D eigenvalue weighted by atomic mass is 16.6. The van der Waals surface area contributed by atoms with E-state index in [4.69, 9.17) is 28.4 Å². The van der Waals surface area contributed by atoms with Crippen LogP contribution in [0.25, 0.3) is 0 Å². The molecule has 2 N–H and O–H groups in total. The summed E-state index contributed by atoms with van der Waals surface area (Å²) in [4.78, 5) is 79.9. The molecule has 14 nitrogen and oxygen atoms in total. The van der Waals surface area contributed by atoms with Crippen molar-refractivity contribution in [1.29, 1.82) is 0 Å². The second-order valence-electron chi connectivity index (χ2n) is 42.7. The summed E-state index contributed by atoms with van der Waals surface area (Å²) in [5.74, 6) is -1.43. The first-order chi connectivity index (χ1) is 54.6. The Hall–Kier alpha value is -10.6. The Balaban J connectivity index is 0.000000190. The zero-order chi connectivity index (χ0) is 88.5. The number of hydrogen-bond acceptors (Lipinski definition) is 14. The van der Waals surface area contributed by atoms with E-state index in [0.29, 0.717) is 85.6 Å². The summed E-state index contributed by atoms with van der Waals surface area (Å²) in [6.07, 6.45) is 0.613. The van der Waals surface area contributed by atoms with Crippen molar-refractivity contribution in [2.45, 2.75) is 292 Å². The van der Waals surface area contributed by atoms with Gasteiger partial charge in [0, 0.05) is 50.9 Å². The molecule has 0 spiro atoms. The largest absolute Gasteiger partial charge is 0.507 e. The average molecular weight is 1610 g/mol. The average Bonchev–Trinajstić information content (AvgIpc) is 1.66. The van der Waals surface area contributed by atoms with E-state index < -0.39 is 46.5 Å². The van der Waals surface area contributed by atoms with Gasteiger partial charge in [-0.3, -0.25) is 19.2 Å². The maximum absolute atomic E-state index is 13.8. The normalized spacial score (nSPS) is 15.7. The molecule has 3 aliphatic heterocycles. The Morgan fingerprint density at radius 1 is 0.294 bits per heavy atom. The Kier molecular flexibility index (Phi) is 25.0. The Morgan fingerprint density at radius 3 is 0.824 bits per heavy atom. The number of hydrogen-bond donors (Lipinski definition) is 2. The summed E-state index contributed by atoms with van der Waals surface area (Å²) in [6.45, 7) is 62.7. The molecule has 9 aromatic carbocycles. The second kappa shape index (κ2) is 32.8. The summed E-state index contributed by atoms with van der Waals surface area (Å²) < 4.78 is 35.1. The molecule has 3 unspecified atom stereocenters. The van der Waals surface area contributed by atoms with E-state index in [2.05, 4.69) is 166 Å². The number of esters is 6. The van der Waals surface area contributed by atoms with Gasteiger partial charge < -0.3 is 38.6 Å². The maximum atomic E-state index is 13.8. The van der Waals surface area contributed by atoms with E-state index in [9.17, 15) is 39.0 Å². The van der Waals surface area contributed by atoms with Crippen molar-refractivity contribution in [3.8, 4) is 46.0 Å². The molecule has 3 aliphatic rings. The van der Waals surface area contributed by atoms with Crippen LogP contribution in [0, 0.1) is 0 Å². The van der Waals surface area contributed by atoms with Crippen molar-refractivity contribution in [2.24, 2.45) is 0 Å². The molecule has 3 atom stereocenters. The third kappa shape index (κ3) is 20.6. The summed E-state index contributed by atoms with van der Waals surface area (Å²) in [5.41, 5.74) is 13.3. The lowest BCUT2D eigenvalue weighted by Crippen LogP contribution is -2.21. The molecular weight excluding hydrogens is 1490 g/mol. The summed E-state index contributed by atoms with van der Waals surface area (Å²) in [5, 5.41) is 22.2. The molecule has 0 aliphatic carbocycles. The standard InChI is InChI=1S/C39H50O5.C37H46O5.C29H30O4/c1-36(2,3)24-14-16-30(26(21-24)33-27-22-25(37(4,5)6)15-17-31(27)44-35(33)42)43-32(40)18-13-23-19-28(38(7,8)9)34(41)29(20-23)39(10,11)12;1-34(2,3)22-13-15-28(24(19-22)30-25-20-23(35(4,5)6)14-16-29(25)42-33(30)40)41-32(39)21-17-26(36(7,8)9)31(38)27(18-21)37(10,11)12;1-28(2,3)19-12-14-23(32-26(30)18-10-8-7-9-11-18)21(16-19)25-22-17-20(29(4,5)6)13-15-24(22)33-27(25)31/h14-17,19-22,33,41H,13,18H2,1-12H3;13-20,30,38H,1-12H3;7-17,25H,1-6H3. The quantitative estimate of drug-likeness (QED) is 0.0916. The van der Waals surface area contributed by atoms with Crippen molar-refractivity contribution in [3.05, 3.63) is 269 Å². The maximum Gasteiger partial charge on any atom is 0.343 e. The van der Waals surface area contributed by atoms with Gasteiger partial charge in [-0.2, -0.15) is 0 Å². The lowest BCUT2D eigenvalue weighted by Gasteiger charge is -2.28. The van der Waals surface area contributed by atoms with Gasteiger partial charge in [-0.25, -0.2) is 9.59 Å². The number of carbonyl (C=O) groups is 6. The minimum absolute atomic E-state index is 0.0823. The van der Waals surface area contributed by atoms with Gasteiger partial charge in [-0.15, -0.1) is 0 Å². The van der Waals surface area contributed by atoms with E-state index in [-0.39, 0.29) is 73.4 Å². The van der Waals surface area contributed by atoms with Crippen LogP contribution in [0.5, 0.6) is 46.0 Å². The Morgan fingerprint density at radius 2 is 0.546 bits per heavy atom. The van der Waals surface area contributed by atoms with Gasteiger partial charge in [-0.05, 0) is 171 Å². The van der Waals surface area contributed by atoms with Gasteiger partial charge >= 0.3 is 35.8 Å². The molecular formula is C105H126O14. The fourth-order valence-corrected chi connectivity index (χ4v) is 15.0. The van der Waals surface area contributed by atoms with Crippen molar-refractivity contribution < 1.29 is 67.4 Å². The zero-order valence-electron chi connectivity index (χ0n) is 76.0. The highest BCUT2D eigenvalue weighted by Gasteiger charge is 2.43. The van der Waals surface area contributed by atoms with E-state index in [1.807, 2.05) is 157 Å². The molecule has 0 aromatic heterocycles. The number of rotatable bonds is 11. The van der Waals surface area contributed by atoms with Crippen LogP contribution in [-0.2, 0) is 79.7 Å². The lowest BCUT2D eigenvalue weighted by atomic mass is 9.78. The number of phenolic OH excluding ortho intramolecular Hbond substituents is 2. The summed E-state index contributed by atoms with van der Waals surface area (Å²) >= 11 is 0. The van der Waals surface area contributed by atoms with E-state index >= 15 is 0 Å². The van der Waals surface area contributed by atoms with Gasteiger partial charge in [0.15, 0.2) is 0 Å². The van der Waals surface area contributed by atoms with E-state index in [0.717, 1.165) is 66.8 Å². The van der Waals surface area contributed by atoms with Crippen LogP contribution in [0.4, 0.5) is 0 Å². The lowest BCUT2D eigenvalue weighted by molar-refractivity contribution is -0.135. The number of benzene rings is 9. The summed E-state index contributed by atoms with van der Waals surface area (Å²) in [6, 6.07) is 51.1. The van der Waals surface area contributed by atoms with Crippen LogP contribution in [0.3, 0.4) is 0 Å². The number of phenols is 2. The van der Waals surface area contributed by atoms with Gasteiger partial charge in [0.05, 0.1) is 11.1 Å². The third-order valence-corrected chi connectivity index (χ3v) is 22.5. The molecule has 14 heteroatoms. The van der Waals surface area contributed by atoms with Gasteiger partial charge in [0.25, 0.3) is 0 Å². The molecule has 3 heterocycles. The zero-order valence-corrected chi connectivity index (χ0v) is 76.0. The highest BCUT2D eigenvalue weighted by molar-refractivity contribution is 5.96. The van der Waals surface area contributed by atoms with Gasteiger partial charge in [0.1, 0.15) is 63.7 Å². The predicted octanol–water partition coefficient (Wildman–Crippen LogP) is 24.6. The Labute approximate surface area is 707 Å². The van der Waals surface area contributed by atoms with Crippen LogP contribution in [-0.4, -0.2) is 46.0 Å². The number of carbonyl (C=O) groups excluding carboxylic acids is 6. The highest BCUT2D eigenvalue weighted by Crippen LogP contribution is 2.51. The smallest absolute Gasteiger partial charge is 0.343 e. The first kappa shape index (κ1) is 90.7. The van der Waals surface area contributed by atoms with Gasteiger partial charge in [0.2, 0.25) is 0 Å². The van der Waals surface area contributed by atoms with Crippen molar-refractivity contribution in [1.82, 2.24) is 0 Å². The van der Waals surface area contributed by atoms with Crippen molar-refractivity contribution >= 4 is 35.8 Å². The predicted molar refractivity (Wildman–Crippen MR) is 475 cm³/mol. The number of aryl methyl sites for hydroxylation is 1. The molecule has 12 rings (SSSR count). The molecule has 0 saturated carbocycles. The van der Waals surface area contributed by atoms with Crippen LogP contribution in [0.1, 0.15) is 347 Å². The monoisotopic (exact) mass is 1610 g/mol. The molecule has 0 saturated heterocycles. The van der Waals surface area contributed by atoms with Crippen molar-refractivity contribution in [2.75, 3.05) is 0 Å². The Bertz CT molecular complexity index is 5330. The molecule has 630 valence electrons. The van der Waals surface area contributed by atoms with E-state index in [1.165, 1.54) is 0 Å². The second-order valence-corrected chi connectivity index (χ2v) is 42.7. The molecule has 0 radical (unpaired) electrons. The molecule has 0 amide bonds. The SMILES string of the molecule is CC(C)(C)c1ccc(OC(=O)CCc2cc(C(C)(C)C)c(O)c(C(C)(C)C)c2)c(C2C(=O)Oc3ccc(C(C)(C)C)cc32)c1.CC(C)(C)c1ccc(OC(=O)c2cc(C(C)(C)C)c(O)c(C(C)(C)C)c2)c(C2C(=O)Oc3ccc(C(C)(C)C)cc32)c1.CC(C)(C)c1ccc(OC(=O)c2ccccc2)c(C2C(=O)Oc3ccc(C(C)(C)C)cc32)c1. The summed E-state index contributed by atoms with van der Waals surface area (Å²) in [7, 11) is 0. The van der Waals surface area contributed by atoms with Crippen LogP contribution in [0.2, 0.25) is 0 Å². The number of ether oxygens (including phenoxy) is 6. The van der Waals surface area contributed by atoms with Crippen LogP contribution >= 0.6 is 0 Å². The minimum Gasteiger partial charge on any atom is -0.507 e. The number of fused-ring (bicyclic) bond motifs is 3. The first-order valence-corrected chi connectivity index (χ1v) is 41.6. The fraction of sp³-hybridized carbons (Fsp3) is 0.429. The molecule has 0 bridgehead atoms. The minimum atomic E-state index is -0.734. The molecule has 9 aromatic rings. The van der Waals surface area contributed by atoms with Crippen molar-refractivity contribution in [3.63, 3.8) is 0 Å². The third-order valence-electron chi connectivity index (χ3n) is 22.5. The molecule has 0 fully saturated rings. The topological polar surface area (TPSA) is 198 Å². The van der Waals surface area contributed by atoms with E-state index in [1.54, 1.807) is 48.5 Å².